The van der Waals surface area contributed by atoms with Crippen LogP contribution >= 0.6 is 15.9 Å². The van der Waals surface area contributed by atoms with Gasteiger partial charge in [0.2, 0.25) is 6.23 Å². The van der Waals surface area contributed by atoms with E-state index < -0.39 is 0 Å². The smallest absolute Gasteiger partial charge is 0.337 e. The zero-order chi connectivity index (χ0) is 20.7. The van der Waals surface area contributed by atoms with Gasteiger partial charge in [-0.2, -0.15) is 5.10 Å². The molecule has 3 aromatic rings. The minimum Gasteiger partial charge on any atom is -0.465 e. The number of ether oxygens (including phenoxy) is 2. The van der Waals surface area contributed by atoms with Crippen LogP contribution < -0.4 is 4.74 Å². The maximum absolute atomic E-state index is 11.8. The highest BCUT2D eigenvalue weighted by Gasteiger charge is 2.40. The minimum atomic E-state index is -0.371. The fourth-order valence-electron chi connectivity index (χ4n) is 3.97. The second kappa shape index (κ2) is 7.61. The fourth-order valence-corrected chi connectivity index (χ4v) is 4.24. The average molecular weight is 463 g/mol. The van der Waals surface area contributed by atoms with Crippen molar-refractivity contribution in [3.05, 3.63) is 99.5 Å². The molecule has 0 aromatic heterocycles. The van der Waals surface area contributed by atoms with Crippen LogP contribution in [0.25, 0.3) is 0 Å². The number of para-hydroxylation sites is 1. The normalized spacial score (nSPS) is 19.4. The van der Waals surface area contributed by atoms with Crippen molar-refractivity contribution in [2.45, 2.75) is 18.7 Å². The van der Waals surface area contributed by atoms with E-state index in [-0.39, 0.29) is 18.2 Å². The summed E-state index contributed by atoms with van der Waals surface area (Å²) >= 11 is 3.49. The van der Waals surface area contributed by atoms with Crippen LogP contribution in [0.5, 0.6) is 5.75 Å². The van der Waals surface area contributed by atoms with Crippen LogP contribution in [0.4, 0.5) is 0 Å². The second-order valence-electron chi connectivity index (χ2n) is 7.28. The molecule has 3 aromatic carbocycles. The molecule has 2 aliphatic heterocycles. The molecule has 5 nitrogen and oxygen atoms in total. The number of rotatable bonds is 3. The molecule has 0 unspecified atom stereocenters. The van der Waals surface area contributed by atoms with Gasteiger partial charge in [0.25, 0.3) is 0 Å². The molecule has 0 fully saturated rings. The third-order valence-electron chi connectivity index (χ3n) is 5.49. The molecule has 6 heteroatoms. The number of halogens is 1. The summed E-state index contributed by atoms with van der Waals surface area (Å²) in [4.78, 5) is 11.8. The van der Waals surface area contributed by atoms with Crippen molar-refractivity contribution in [1.29, 1.82) is 0 Å². The number of carbonyl (C=O) groups excluding carboxylic acids is 1. The molecule has 2 atom stereocenters. The van der Waals surface area contributed by atoms with Crippen LogP contribution in [0.2, 0.25) is 0 Å². The van der Waals surface area contributed by atoms with Gasteiger partial charge in [-0.3, -0.25) is 0 Å². The summed E-state index contributed by atoms with van der Waals surface area (Å²) in [5.41, 5.74) is 4.71. The monoisotopic (exact) mass is 462 g/mol. The van der Waals surface area contributed by atoms with Crippen molar-refractivity contribution in [2.24, 2.45) is 5.10 Å². The summed E-state index contributed by atoms with van der Waals surface area (Å²) in [6, 6.07) is 23.7. The summed E-state index contributed by atoms with van der Waals surface area (Å²) in [6.07, 6.45) is 0.434. The van der Waals surface area contributed by atoms with E-state index in [4.69, 9.17) is 14.6 Å². The van der Waals surface area contributed by atoms with Gasteiger partial charge < -0.3 is 9.47 Å². The first-order chi connectivity index (χ1) is 14.6. The lowest BCUT2D eigenvalue weighted by Gasteiger charge is -2.38. The molecule has 0 saturated carbocycles. The second-order valence-corrected chi connectivity index (χ2v) is 8.19. The summed E-state index contributed by atoms with van der Waals surface area (Å²) in [5.74, 6) is 0.513. The lowest BCUT2D eigenvalue weighted by Crippen LogP contribution is -2.33. The first-order valence-electron chi connectivity index (χ1n) is 9.69. The number of benzene rings is 3. The molecule has 0 aliphatic carbocycles. The quantitative estimate of drug-likeness (QED) is 0.483. The largest absolute Gasteiger partial charge is 0.465 e. The number of hydrazone groups is 1. The average Bonchev–Trinajstić information content (AvgIpc) is 3.24. The van der Waals surface area contributed by atoms with Gasteiger partial charge in [0.05, 0.1) is 24.4 Å². The van der Waals surface area contributed by atoms with Crippen LogP contribution in [-0.2, 0) is 4.74 Å². The van der Waals surface area contributed by atoms with E-state index >= 15 is 0 Å². The van der Waals surface area contributed by atoms with Crippen molar-refractivity contribution in [2.75, 3.05) is 7.11 Å². The number of fused-ring (bicyclic) bond motifs is 3. The summed E-state index contributed by atoms with van der Waals surface area (Å²) < 4.78 is 12.2. The first-order valence-corrected chi connectivity index (χ1v) is 10.5. The van der Waals surface area contributed by atoms with Gasteiger partial charge in [-0.15, -0.1) is 0 Å². The van der Waals surface area contributed by atoms with Crippen LogP contribution in [-0.4, -0.2) is 23.8 Å². The number of hydrogen-bond acceptors (Lipinski definition) is 5. The molecule has 0 radical (unpaired) electrons. The van der Waals surface area contributed by atoms with E-state index in [9.17, 15) is 4.79 Å². The standard InChI is InChI=1S/C24H19BrN2O3/c1-29-24(28)17-8-6-16(7-9-17)23-27-21(19-4-2-3-5-22(19)30-23)14-20(26-27)15-10-12-18(25)13-11-15/h2-13,21,23H,14H2,1H3/t21-,23+/m0/s1. The van der Waals surface area contributed by atoms with E-state index in [1.807, 2.05) is 47.5 Å². The molecule has 0 N–H and O–H groups in total. The lowest BCUT2D eigenvalue weighted by atomic mass is 9.96. The molecule has 0 spiro atoms. The Labute approximate surface area is 183 Å². The van der Waals surface area contributed by atoms with E-state index in [1.165, 1.54) is 7.11 Å². The Morgan fingerprint density at radius 3 is 2.53 bits per heavy atom. The number of nitrogens with zero attached hydrogens (tertiary/aromatic N) is 2. The van der Waals surface area contributed by atoms with Gasteiger partial charge in [0.15, 0.2) is 0 Å². The van der Waals surface area contributed by atoms with E-state index in [2.05, 4.69) is 34.1 Å². The van der Waals surface area contributed by atoms with E-state index in [0.29, 0.717) is 5.56 Å². The Balaban J connectivity index is 1.54. The van der Waals surface area contributed by atoms with Crippen molar-refractivity contribution in [3.8, 4) is 5.75 Å². The number of esters is 1. The van der Waals surface area contributed by atoms with Gasteiger partial charge in [0.1, 0.15) is 5.75 Å². The Bertz CT molecular complexity index is 1130. The predicted molar refractivity (Wildman–Crippen MR) is 117 cm³/mol. The van der Waals surface area contributed by atoms with Crippen molar-refractivity contribution in [3.63, 3.8) is 0 Å². The Morgan fingerprint density at radius 1 is 1.07 bits per heavy atom. The SMILES string of the molecule is COC(=O)c1ccc([C@H]2Oc3ccccc3[C@@H]3CC(c4ccc(Br)cc4)=NN23)cc1. The number of carbonyl (C=O) groups is 1. The van der Waals surface area contributed by atoms with E-state index in [0.717, 1.165) is 39.0 Å². The first kappa shape index (κ1) is 18.9. The van der Waals surface area contributed by atoms with Gasteiger partial charge in [-0.1, -0.05) is 58.4 Å². The molecule has 2 aliphatic rings. The summed E-state index contributed by atoms with van der Waals surface area (Å²) in [6.45, 7) is 0. The summed E-state index contributed by atoms with van der Waals surface area (Å²) in [5, 5.41) is 6.99. The molecule has 0 bridgehead atoms. The Morgan fingerprint density at radius 2 is 1.80 bits per heavy atom. The Hall–Kier alpha value is -3.12. The molecule has 30 heavy (non-hydrogen) atoms. The maximum atomic E-state index is 11.8. The van der Waals surface area contributed by atoms with E-state index in [1.54, 1.807) is 12.1 Å². The molecular weight excluding hydrogens is 444 g/mol. The van der Waals surface area contributed by atoms with Gasteiger partial charge in [-0.25, -0.2) is 9.80 Å². The number of methoxy groups -OCH3 is 1. The topological polar surface area (TPSA) is 51.1 Å². The molecule has 0 saturated heterocycles. The highest BCUT2D eigenvalue weighted by Crippen LogP contribution is 2.47. The molecule has 0 amide bonds. The maximum Gasteiger partial charge on any atom is 0.337 e. The minimum absolute atomic E-state index is 0.0962. The Kier molecular flexibility index (Phi) is 4.79. The van der Waals surface area contributed by atoms with Crippen molar-refractivity contribution < 1.29 is 14.3 Å². The van der Waals surface area contributed by atoms with Gasteiger partial charge >= 0.3 is 5.97 Å². The van der Waals surface area contributed by atoms with Crippen LogP contribution in [0.15, 0.2) is 82.4 Å². The highest BCUT2D eigenvalue weighted by atomic mass is 79.9. The molecule has 2 heterocycles. The summed E-state index contributed by atoms with van der Waals surface area (Å²) in [7, 11) is 1.38. The molecular formula is C24H19BrN2O3. The van der Waals surface area contributed by atoms with Gasteiger partial charge in [-0.05, 0) is 35.9 Å². The molecule has 150 valence electrons. The predicted octanol–water partition coefficient (Wildman–Crippen LogP) is 5.48. The third kappa shape index (κ3) is 3.27. The third-order valence-corrected chi connectivity index (χ3v) is 6.02. The number of hydrogen-bond donors (Lipinski definition) is 0. The van der Waals surface area contributed by atoms with Crippen molar-refractivity contribution in [1.82, 2.24) is 5.01 Å². The van der Waals surface area contributed by atoms with Crippen molar-refractivity contribution >= 4 is 27.6 Å². The molecule has 5 rings (SSSR count). The highest BCUT2D eigenvalue weighted by molar-refractivity contribution is 9.10. The van der Waals surface area contributed by atoms with Crippen LogP contribution in [0, 0.1) is 0 Å². The zero-order valence-electron chi connectivity index (χ0n) is 16.3. The fraction of sp³-hybridized carbons (Fsp3) is 0.167. The van der Waals surface area contributed by atoms with Crippen LogP contribution in [0.3, 0.4) is 0 Å². The lowest BCUT2D eigenvalue weighted by molar-refractivity contribution is -0.0190. The van der Waals surface area contributed by atoms with Crippen LogP contribution in [0.1, 0.15) is 45.7 Å². The van der Waals surface area contributed by atoms with Gasteiger partial charge in [0, 0.05) is 22.0 Å². The zero-order valence-corrected chi connectivity index (χ0v) is 17.9.